The van der Waals surface area contributed by atoms with Gasteiger partial charge in [-0.25, -0.2) is 10.1 Å². The fourth-order valence-corrected chi connectivity index (χ4v) is 2.82. The molecule has 0 atom stereocenters. The number of nitrogens with two attached hydrogens (primary N) is 1. The van der Waals surface area contributed by atoms with E-state index in [1.807, 2.05) is 54.6 Å². The summed E-state index contributed by atoms with van der Waals surface area (Å²) in [6, 6.07) is 17.0. The number of nitrogen functional groups attached to an aromatic ring is 1. The van der Waals surface area contributed by atoms with Crippen molar-refractivity contribution in [2.75, 3.05) is 5.73 Å². The van der Waals surface area contributed by atoms with E-state index in [4.69, 9.17) is 5.73 Å². The number of nitrogens with zero attached hydrogens (tertiary/aromatic N) is 6. The van der Waals surface area contributed by atoms with Gasteiger partial charge in [0, 0.05) is 5.56 Å². The molecular weight excluding hydrogens is 384 g/mol. The molecule has 0 aliphatic rings. The van der Waals surface area contributed by atoms with Gasteiger partial charge in [-0.05, 0) is 27.9 Å². The molecule has 0 saturated carbocycles. The van der Waals surface area contributed by atoms with Crippen LogP contribution in [0.1, 0.15) is 28.5 Å². The number of hydrazone groups is 1. The number of carbonyl (C=O) groups excluding carboxylic acids is 1. The summed E-state index contributed by atoms with van der Waals surface area (Å²) in [6.45, 7) is 2.09. The number of benzene rings is 2. The van der Waals surface area contributed by atoms with Gasteiger partial charge in [0.25, 0.3) is 5.91 Å². The van der Waals surface area contributed by atoms with Crippen molar-refractivity contribution in [3.63, 3.8) is 0 Å². The van der Waals surface area contributed by atoms with Crippen LogP contribution in [-0.4, -0.2) is 37.4 Å². The second-order valence-corrected chi connectivity index (χ2v) is 6.33. The first kappa shape index (κ1) is 19.0. The molecular formula is C20H18N8O2. The molecule has 2 aromatic heterocycles. The highest BCUT2D eigenvalue weighted by Crippen LogP contribution is 2.24. The minimum absolute atomic E-state index is 0.0203. The van der Waals surface area contributed by atoms with Crippen LogP contribution >= 0.6 is 0 Å². The third-order valence-corrected chi connectivity index (χ3v) is 4.40. The molecule has 0 radical (unpaired) electrons. The van der Waals surface area contributed by atoms with E-state index in [1.165, 1.54) is 10.2 Å². The Morgan fingerprint density at radius 1 is 1.17 bits per heavy atom. The van der Waals surface area contributed by atoms with Gasteiger partial charge in [-0.2, -0.15) is 9.78 Å². The Bertz CT molecular complexity index is 1180. The zero-order chi connectivity index (χ0) is 20.9. The molecule has 10 heteroatoms. The molecule has 0 spiro atoms. The number of hydrogen-bond donors (Lipinski definition) is 2. The molecule has 10 nitrogen and oxygen atoms in total. The molecule has 0 saturated heterocycles. The zero-order valence-electron chi connectivity index (χ0n) is 16.1. The Balaban J connectivity index is 1.65. The maximum atomic E-state index is 13.0. The number of amides is 1. The highest BCUT2D eigenvalue weighted by Gasteiger charge is 2.25. The number of aryl methyl sites for hydroxylation is 1. The molecule has 0 aliphatic carbocycles. The van der Waals surface area contributed by atoms with Crippen LogP contribution in [0.15, 0.2) is 64.3 Å². The van der Waals surface area contributed by atoms with E-state index in [2.05, 4.69) is 42.7 Å². The van der Waals surface area contributed by atoms with Crippen molar-refractivity contribution in [3.8, 4) is 17.1 Å². The van der Waals surface area contributed by atoms with Crippen LogP contribution in [0.2, 0.25) is 0 Å². The zero-order valence-corrected chi connectivity index (χ0v) is 16.1. The highest BCUT2D eigenvalue weighted by molar-refractivity contribution is 5.99. The van der Waals surface area contributed by atoms with Crippen LogP contribution in [-0.2, 0) is 6.42 Å². The number of rotatable bonds is 6. The van der Waals surface area contributed by atoms with Gasteiger partial charge >= 0.3 is 0 Å². The van der Waals surface area contributed by atoms with E-state index in [1.54, 1.807) is 6.21 Å². The molecule has 2 aromatic carbocycles. The van der Waals surface area contributed by atoms with Gasteiger partial charge in [0.15, 0.2) is 5.69 Å². The Hall–Kier alpha value is -4.34. The molecule has 0 fully saturated rings. The lowest BCUT2D eigenvalue weighted by molar-refractivity contribution is 0.0948. The third-order valence-electron chi connectivity index (χ3n) is 4.40. The summed E-state index contributed by atoms with van der Waals surface area (Å²) < 4.78 is 5.81. The molecule has 30 heavy (non-hydrogen) atoms. The molecule has 0 bridgehead atoms. The lowest BCUT2D eigenvalue weighted by Gasteiger charge is -2.05. The third kappa shape index (κ3) is 3.78. The Kier molecular flexibility index (Phi) is 5.29. The van der Waals surface area contributed by atoms with Gasteiger partial charge in [0.1, 0.15) is 5.69 Å². The van der Waals surface area contributed by atoms with E-state index in [0.29, 0.717) is 11.3 Å². The molecule has 150 valence electrons. The summed E-state index contributed by atoms with van der Waals surface area (Å²) in [5.74, 6) is -0.496. The summed E-state index contributed by atoms with van der Waals surface area (Å²) in [7, 11) is 0. The number of aromatic nitrogens is 5. The predicted octanol–water partition coefficient (Wildman–Crippen LogP) is 2.23. The molecule has 3 N–H and O–H groups in total. The second-order valence-electron chi connectivity index (χ2n) is 6.33. The van der Waals surface area contributed by atoms with Crippen molar-refractivity contribution in [3.05, 3.63) is 71.4 Å². The van der Waals surface area contributed by atoms with Crippen molar-refractivity contribution in [1.29, 1.82) is 0 Å². The monoisotopic (exact) mass is 402 g/mol. The Morgan fingerprint density at radius 3 is 2.60 bits per heavy atom. The number of nitrogens with one attached hydrogen (secondary N) is 1. The maximum absolute atomic E-state index is 13.0. The van der Waals surface area contributed by atoms with E-state index in [0.717, 1.165) is 12.0 Å². The van der Waals surface area contributed by atoms with Crippen LogP contribution in [0.4, 0.5) is 5.82 Å². The van der Waals surface area contributed by atoms with Crippen LogP contribution in [0.25, 0.3) is 17.1 Å². The molecule has 2 heterocycles. The lowest BCUT2D eigenvalue weighted by atomic mass is 10.1. The van der Waals surface area contributed by atoms with Gasteiger partial charge in [0.2, 0.25) is 11.6 Å². The van der Waals surface area contributed by atoms with Crippen molar-refractivity contribution < 1.29 is 9.42 Å². The first-order valence-corrected chi connectivity index (χ1v) is 9.19. The van der Waals surface area contributed by atoms with E-state index in [-0.39, 0.29) is 17.3 Å². The minimum atomic E-state index is -0.539. The van der Waals surface area contributed by atoms with E-state index >= 15 is 0 Å². The molecule has 0 unspecified atom stereocenters. The number of anilines is 1. The van der Waals surface area contributed by atoms with Crippen molar-refractivity contribution in [2.24, 2.45) is 5.10 Å². The molecule has 4 rings (SSSR count). The standard InChI is InChI=1S/C20H18N8O2/c1-2-13-8-10-14(11-9-13)12-22-24-20(29)17-16(15-6-4-3-5-7-15)23-27-28(17)19-18(21)25-30-26-19/h3-12H,2H2,1H3,(H2,21,25)(H,24,29)/b22-12-. The first-order valence-electron chi connectivity index (χ1n) is 9.19. The van der Waals surface area contributed by atoms with Crippen LogP contribution in [0.3, 0.4) is 0 Å². The molecule has 4 aromatic rings. The summed E-state index contributed by atoms with van der Waals surface area (Å²) in [5.41, 5.74) is 11.5. The van der Waals surface area contributed by atoms with Crippen LogP contribution in [0.5, 0.6) is 0 Å². The molecule has 1 amide bonds. The first-order chi connectivity index (χ1) is 14.7. The maximum Gasteiger partial charge on any atom is 0.292 e. The fraction of sp³-hybridized carbons (Fsp3) is 0.100. The minimum Gasteiger partial charge on any atom is -0.378 e. The number of hydrogen-bond acceptors (Lipinski definition) is 8. The quantitative estimate of drug-likeness (QED) is 0.372. The van der Waals surface area contributed by atoms with Crippen LogP contribution < -0.4 is 11.2 Å². The normalized spacial score (nSPS) is 11.1. The number of carbonyl (C=O) groups is 1. The summed E-state index contributed by atoms with van der Waals surface area (Å²) in [5, 5.41) is 19.4. The second kappa shape index (κ2) is 8.35. The van der Waals surface area contributed by atoms with Gasteiger partial charge in [0.05, 0.1) is 6.21 Å². The summed E-state index contributed by atoms with van der Waals surface area (Å²) >= 11 is 0. The topological polar surface area (TPSA) is 137 Å². The Labute approximate surface area is 171 Å². The van der Waals surface area contributed by atoms with Gasteiger partial charge in [-0.1, -0.05) is 66.7 Å². The van der Waals surface area contributed by atoms with Crippen LogP contribution in [0, 0.1) is 0 Å². The SMILES string of the molecule is CCc1ccc(/C=N\NC(=O)c2c(-c3ccccc3)nnn2-c2nonc2N)cc1. The van der Waals surface area contributed by atoms with Gasteiger partial charge in [-0.15, -0.1) is 5.10 Å². The smallest absolute Gasteiger partial charge is 0.292 e. The van der Waals surface area contributed by atoms with E-state index < -0.39 is 5.91 Å². The Morgan fingerprint density at radius 2 is 1.93 bits per heavy atom. The van der Waals surface area contributed by atoms with Gasteiger partial charge < -0.3 is 5.73 Å². The highest BCUT2D eigenvalue weighted by atomic mass is 16.6. The average Bonchev–Trinajstić information content (AvgIpc) is 3.40. The largest absolute Gasteiger partial charge is 0.378 e. The summed E-state index contributed by atoms with van der Waals surface area (Å²) in [4.78, 5) is 13.0. The molecule has 0 aliphatic heterocycles. The van der Waals surface area contributed by atoms with Gasteiger partial charge in [-0.3, -0.25) is 4.79 Å². The van der Waals surface area contributed by atoms with Crippen molar-refractivity contribution >= 4 is 17.9 Å². The fourth-order valence-electron chi connectivity index (χ4n) is 2.82. The van der Waals surface area contributed by atoms with Crippen molar-refractivity contribution in [1.82, 2.24) is 30.7 Å². The lowest BCUT2D eigenvalue weighted by Crippen LogP contribution is -2.22. The predicted molar refractivity (Wildman–Crippen MR) is 110 cm³/mol. The van der Waals surface area contributed by atoms with E-state index in [9.17, 15) is 4.79 Å². The summed E-state index contributed by atoms with van der Waals surface area (Å²) in [6.07, 6.45) is 2.51. The van der Waals surface area contributed by atoms with Crippen molar-refractivity contribution in [2.45, 2.75) is 13.3 Å². The average molecular weight is 402 g/mol.